The summed E-state index contributed by atoms with van der Waals surface area (Å²) < 4.78 is 6.21. The van der Waals surface area contributed by atoms with Gasteiger partial charge in [0.2, 0.25) is 4.96 Å². The summed E-state index contributed by atoms with van der Waals surface area (Å²) in [4.78, 5) is 16.0. The fourth-order valence-corrected chi connectivity index (χ4v) is 2.52. The number of amides is 1. The zero-order chi connectivity index (χ0) is 13.2. The van der Waals surface area contributed by atoms with E-state index in [1.54, 1.807) is 4.52 Å². The van der Waals surface area contributed by atoms with Crippen molar-refractivity contribution in [3.05, 3.63) is 35.7 Å². The van der Waals surface area contributed by atoms with Gasteiger partial charge in [-0.1, -0.05) is 30.3 Å². The number of carbonyl (C=O) groups is 1. The molecule has 0 aliphatic carbocycles. The minimum absolute atomic E-state index is 0.232. The van der Waals surface area contributed by atoms with E-state index < -0.39 is 6.09 Å². The summed E-state index contributed by atoms with van der Waals surface area (Å²) >= 11 is 1.46. The van der Waals surface area contributed by atoms with Gasteiger partial charge in [0.1, 0.15) is 0 Å². The summed E-state index contributed by atoms with van der Waals surface area (Å²) in [5.74, 6) is 0.232. The molecule has 0 unspecified atom stereocenters. The number of carbonyl (C=O) groups excluding carboxylic acids is 1. The van der Waals surface area contributed by atoms with Crippen LogP contribution in [0.5, 0.6) is 0 Å². The van der Waals surface area contributed by atoms with Crippen molar-refractivity contribution < 1.29 is 9.53 Å². The average Bonchev–Trinajstić information content (AvgIpc) is 2.99. The second-order valence-corrected chi connectivity index (χ2v) is 4.57. The number of nitrogens with zero attached hydrogens (tertiary/aromatic N) is 3. The molecule has 2 aromatic heterocycles. The first-order valence-electron chi connectivity index (χ1n) is 5.52. The molecule has 0 radical (unpaired) electrons. The normalized spacial score (nSPS) is 10.6. The van der Waals surface area contributed by atoms with Crippen LogP contribution in [0.4, 0.5) is 10.7 Å². The number of ether oxygens (including phenoxy) is 1. The second kappa shape index (κ2) is 4.69. The molecule has 0 atom stereocenters. The number of hydrogen-bond acceptors (Lipinski definition) is 5. The van der Waals surface area contributed by atoms with E-state index in [0.29, 0.717) is 4.96 Å². The van der Waals surface area contributed by atoms with Crippen molar-refractivity contribution in [2.24, 2.45) is 0 Å². The zero-order valence-electron chi connectivity index (χ0n) is 10.0. The Labute approximate surface area is 112 Å². The first kappa shape index (κ1) is 11.7. The lowest BCUT2D eigenvalue weighted by Crippen LogP contribution is -2.12. The molecule has 1 aromatic carbocycles. The van der Waals surface area contributed by atoms with Crippen LogP contribution >= 0.6 is 11.3 Å². The van der Waals surface area contributed by atoms with Gasteiger partial charge < -0.3 is 4.74 Å². The van der Waals surface area contributed by atoms with Crippen molar-refractivity contribution in [3.63, 3.8) is 0 Å². The molecular formula is C12H10N4O2S. The van der Waals surface area contributed by atoms with Gasteiger partial charge in [-0.15, -0.1) is 16.4 Å². The van der Waals surface area contributed by atoms with Crippen molar-refractivity contribution in [3.8, 4) is 11.3 Å². The number of nitrogens with one attached hydrogen (secondary N) is 1. The first-order valence-corrected chi connectivity index (χ1v) is 6.40. The predicted molar refractivity (Wildman–Crippen MR) is 72.3 cm³/mol. The molecule has 7 heteroatoms. The van der Waals surface area contributed by atoms with Gasteiger partial charge in [-0.25, -0.2) is 9.31 Å². The molecule has 2 heterocycles. The summed E-state index contributed by atoms with van der Waals surface area (Å²) in [6.45, 7) is 0. The maximum Gasteiger partial charge on any atom is 0.413 e. The molecule has 0 fully saturated rings. The molecule has 96 valence electrons. The van der Waals surface area contributed by atoms with Crippen LogP contribution in [0.25, 0.3) is 16.2 Å². The molecule has 19 heavy (non-hydrogen) atoms. The van der Waals surface area contributed by atoms with E-state index in [0.717, 1.165) is 11.3 Å². The van der Waals surface area contributed by atoms with Gasteiger partial charge in [0.05, 0.1) is 12.8 Å². The number of benzene rings is 1. The minimum atomic E-state index is -0.584. The van der Waals surface area contributed by atoms with Crippen molar-refractivity contribution in [2.75, 3.05) is 12.4 Å². The van der Waals surface area contributed by atoms with E-state index in [-0.39, 0.29) is 5.95 Å². The van der Waals surface area contributed by atoms with E-state index >= 15 is 0 Å². The molecule has 0 spiro atoms. The van der Waals surface area contributed by atoms with E-state index in [2.05, 4.69) is 20.1 Å². The Balaban J connectivity index is 2.01. The number of anilines is 1. The van der Waals surface area contributed by atoms with E-state index in [4.69, 9.17) is 0 Å². The summed E-state index contributed by atoms with van der Waals surface area (Å²) in [6.07, 6.45) is -0.584. The number of fused-ring (bicyclic) bond motifs is 1. The van der Waals surface area contributed by atoms with Crippen molar-refractivity contribution in [2.45, 2.75) is 0 Å². The fourth-order valence-electron chi connectivity index (χ4n) is 1.68. The van der Waals surface area contributed by atoms with Crippen molar-refractivity contribution in [1.82, 2.24) is 14.6 Å². The van der Waals surface area contributed by atoms with Crippen LogP contribution in [-0.4, -0.2) is 27.8 Å². The van der Waals surface area contributed by atoms with E-state index in [1.807, 2.05) is 35.7 Å². The van der Waals surface area contributed by atoms with Gasteiger partial charge in [0, 0.05) is 10.9 Å². The van der Waals surface area contributed by atoms with Crippen LogP contribution in [0, 0.1) is 0 Å². The molecule has 0 aliphatic rings. The SMILES string of the molecule is COC(=O)Nc1nc2scc(-c3ccccc3)n2n1. The third-order valence-electron chi connectivity index (χ3n) is 2.55. The highest BCUT2D eigenvalue weighted by molar-refractivity contribution is 7.15. The number of aromatic nitrogens is 3. The van der Waals surface area contributed by atoms with Gasteiger partial charge >= 0.3 is 6.09 Å². The van der Waals surface area contributed by atoms with Gasteiger partial charge in [0.15, 0.2) is 0 Å². The topological polar surface area (TPSA) is 68.5 Å². The Kier molecular flexibility index (Phi) is 2.88. The van der Waals surface area contributed by atoms with Crippen LogP contribution in [0.2, 0.25) is 0 Å². The molecule has 1 amide bonds. The Bertz CT molecular complexity index is 720. The highest BCUT2D eigenvalue weighted by atomic mass is 32.1. The Morgan fingerprint density at radius 1 is 1.37 bits per heavy atom. The molecule has 3 aromatic rings. The molecule has 3 rings (SSSR count). The summed E-state index contributed by atoms with van der Waals surface area (Å²) in [5.41, 5.74) is 1.98. The molecular weight excluding hydrogens is 264 g/mol. The van der Waals surface area contributed by atoms with Gasteiger partial charge in [-0.2, -0.15) is 4.98 Å². The number of thiazole rings is 1. The van der Waals surface area contributed by atoms with Crippen LogP contribution in [0.1, 0.15) is 0 Å². The number of hydrogen-bond donors (Lipinski definition) is 1. The third kappa shape index (κ3) is 2.15. The first-order chi connectivity index (χ1) is 9.28. The lowest BCUT2D eigenvalue weighted by Gasteiger charge is -1.98. The molecule has 1 N–H and O–H groups in total. The van der Waals surface area contributed by atoms with Gasteiger partial charge in [-0.3, -0.25) is 5.32 Å². The summed E-state index contributed by atoms with van der Waals surface area (Å²) in [5, 5.41) is 8.67. The van der Waals surface area contributed by atoms with Crippen LogP contribution in [0.15, 0.2) is 35.7 Å². The second-order valence-electron chi connectivity index (χ2n) is 3.73. The standard InChI is InChI=1S/C12H10N4O2S/c1-18-12(17)14-10-13-11-16(15-10)9(7-19-11)8-5-3-2-4-6-8/h2-7H,1H3,(H,14,15,17). The maximum atomic E-state index is 11.1. The monoisotopic (exact) mass is 274 g/mol. The fraction of sp³-hybridized carbons (Fsp3) is 0.0833. The molecule has 0 saturated heterocycles. The summed E-state index contributed by atoms with van der Waals surface area (Å²) in [6, 6.07) is 9.87. The Morgan fingerprint density at radius 3 is 2.89 bits per heavy atom. The van der Waals surface area contributed by atoms with Crippen LogP contribution in [-0.2, 0) is 4.74 Å². The van der Waals surface area contributed by atoms with Crippen molar-refractivity contribution in [1.29, 1.82) is 0 Å². The lowest BCUT2D eigenvalue weighted by atomic mass is 10.2. The van der Waals surface area contributed by atoms with Crippen LogP contribution in [0.3, 0.4) is 0 Å². The van der Waals surface area contributed by atoms with Crippen molar-refractivity contribution >= 4 is 28.3 Å². The minimum Gasteiger partial charge on any atom is -0.453 e. The van der Waals surface area contributed by atoms with E-state index in [9.17, 15) is 4.79 Å². The quantitative estimate of drug-likeness (QED) is 0.780. The van der Waals surface area contributed by atoms with Gasteiger partial charge in [-0.05, 0) is 0 Å². The largest absolute Gasteiger partial charge is 0.453 e. The lowest BCUT2D eigenvalue weighted by molar-refractivity contribution is 0.186. The molecule has 6 nitrogen and oxygen atoms in total. The average molecular weight is 274 g/mol. The van der Waals surface area contributed by atoms with E-state index in [1.165, 1.54) is 18.4 Å². The highest BCUT2D eigenvalue weighted by Crippen LogP contribution is 2.25. The van der Waals surface area contributed by atoms with Gasteiger partial charge in [0.25, 0.3) is 5.95 Å². The Morgan fingerprint density at radius 2 is 2.16 bits per heavy atom. The highest BCUT2D eigenvalue weighted by Gasteiger charge is 2.12. The third-order valence-corrected chi connectivity index (χ3v) is 3.37. The Hall–Kier alpha value is -2.41. The smallest absolute Gasteiger partial charge is 0.413 e. The van der Waals surface area contributed by atoms with Crippen LogP contribution < -0.4 is 5.32 Å². The summed E-state index contributed by atoms with van der Waals surface area (Å²) in [7, 11) is 1.29. The molecule has 0 bridgehead atoms. The predicted octanol–water partition coefficient (Wildman–Crippen LogP) is 2.64. The molecule has 0 aliphatic heterocycles. The number of methoxy groups -OCH3 is 1. The molecule has 0 saturated carbocycles. The maximum absolute atomic E-state index is 11.1. The number of rotatable bonds is 2. The zero-order valence-corrected chi connectivity index (χ0v) is 10.8.